The highest BCUT2D eigenvalue weighted by Gasteiger charge is 2.26. The van der Waals surface area contributed by atoms with Crippen LogP contribution in [0.5, 0.6) is 0 Å². The summed E-state index contributed by atoms with van der Waals surface area (Å²) in [4.78, 5) is 18.3. The van der Waals surface area contributed by atoms with Crippen LogP contribution < -0.4 is 5.32 Å². The average molecular weight is 377 g/mol. The lowest BCUT2D eigenvalue weighted by Gasteiger charge is -2.26. The first-order valence-electron chi connectivity index (χ1n) is 9.19. The maximum absolute atomic E-state index is 11.9. The van der Waals surface area contributed by atoms with Gasteiger partial charge in [-0.05, 0) is 17.7 Å². The average Bonchev–Trinajstić information content (AvgIpc) is 3.26. The van der Waals surface area contributed by atoms with Crippen LogP contribution in [-0.4, -0.2) is 49.9 Å². The Morgan fingerprint density at radius 2 is 2.18 bits per heavy atom. The molecule has 3 heterocycles. The van der Waals surface area contributed by atoms with E-state index in [9.17, 15) is 4.79 Å². The summed E-state index contributed by atoms with van der Waals surface area (Å²) in [5.74, 6) is 0.878. The van der Waals surface area contributed by atoms with Gasteiger partial charge in [0, 0.05) is 63.2 Å². The normalized spacial score (nSPS) is 14.2. The van der Waals surface area contributed by atoms with Crippen molar-refractivity contribution in [2.45, 2.75) is 19.9 Å². The molecule has 0 saturated heterocycles. The van der Waals surface area contributed by atoms with Crippen molar-refractivity contribution in [3.05, 3.63) is 47.5 Å². The molecular formula is C20H23N7O. The van der Waals surface area contributed by atoms with Crippen LogP contribution in [0.15, 0.2) is 30.7 Å². The molecule has 8 nitrogen and oxygen atoms in total. The van der Waals surface area contributed by atoms with Crippen LogP contribution in [0.1, 0.15) is 23.7 Å². The van der Waals surface area contributed by atoms with E-state index < -0.39 is 0 Å². The Balaban J connectivity index is 1.86. The lowest BCUT2D eigenvalue weighted by Crippen LogP contribution is -2.34. The van der Waals surface area contributed by atoms with Crippen molar-refractivity contribution in [2.75, 3.05) is 13.6 Å². The molecule has 28 heavy (non-hydrogen) atoms. The van der Waals surface area contributed by atoms with Gasteiger partial charge >= 0.3 is 0 Å². The number of aryl methyl sites for hydroxylation is 1. The lowest BCUT2D eigenvalue weighted by molar-refractivity contribution is -0.129. The smallest absolute Gasteiger partial charge is 0.219 e. The first-order valence-corrected chi connectivity index (χ1v) is 9.19. The van der Waals surface area contributed by atoms with E-state index in [4.69, 9.17) is 10.5 Å². The van der Waals surface area contributed by atoms with Crippen molar-refractivity contribution in [3.8, 4) is 5.82 Å². The Morgan fingerprint density at radius 3 is 2.89 bits per heavy atom. The number of hydrogen-bond acceptors (Lipinski definition) is 5. The van der Waals surface area contributed by atoms with E-state index in [1.807, 2.05) is 46.4 Å². The quantitative estimate of drug-likeness (QED) is 0.679. The third kappa shape index (κ3) is 2.87. The second kappa shape index (κ2) is 6.95. The maximum Gasteiger partial charge on any atom is 0.219 e. The van der Waals surface area contributed by atoms with Crippen LogP contribution in [0, 0.1) is 5.41 Å². The Labute approximate surface area is 163 Å². The van der Waals surface area contributed by atoms with Gasteiger partial charge < -0.3 is 15.6 Å². The predicted octanol–water partition coefficient (Wildman–Crippen LogP) is 1.87. The molecule has 8 heteroatoms. The van der Waals surface area contributed by atoms with E-state index in [2.05, 4.69) is 10.3 Å². The van der Waals surface area contributed by atoms with Gasteiger partial charge in [0.15, 0.2) is 5.82 Å². The van der Waals surface area contributed by atoms with Crippen molar-refractivity contribution >= 4 is 28.7 Å². The van der Waals surface area contributed by atoms with Crippen molar-refractivity contribution in [3.63, 3.8) is 0 Å². The SMILES string of the molecule is CN/C=C(\C=N)c1ccc2ncn(-c3nn(C)c4c3CN(C(C)=O)CC4)c2c1. The van der Waals surface area contributed by atoms with Gasteiger partial charge in [0.1, 0.15) is 6.33 Å². The first-order chi connectivity index (χ1) is 13.5. The number of fused-ring (bicyclic) bond motifs is 2. The molecule has 0 fully saturated rings. The van der Waals surface area contributed by atoms with Crippen LogP contribution in [-0.2, 0) is 24.8 Å². The van der Waals surface area contributed by atoms with Gasteiger partial charge in [-0.15, -0.1) is 0 Å². The number of carbonyl (C=O) groups is 1. The highest BCUT2D eigenvalue weighted by atomic mass is 16.2. The van der Waals surface area contributed by atoms with Crippen LogP contribution in [0.3, 0.4) is 0 Å². The van der Waals surface area contributed by atoms with E-state index in [1.54, 1.807) is 19.5 Å². The molecule has 0 atom stereocenters. The lowest BCUT2D eigenvalue weighted by atomic mass is 10.1. The molecule has 1 amide bonds. The summed E-state index contributed by atoms with van der Waals surface area (Å²) >= 11 is 0. The van der Waals surface area contributed by atoms with Crippen LogP contribution in [0.25, 0.3) is 22.4 Å². The molecule has 1 aromatic carbocycles. The fourth-order valence-electron chi connectivity index (χ4n) is 3.75. The molecule has 2 aromatic heterocycles. The minimum Gasteiger partial charge on any atom is -0.393 e. The number of aromatic nitrogens is 4. The van der Waals surface area contributed by atoms with Crippen LogP contribution in [0.4, 0.5) is 0 Å². The minimum atomic E-state index is 0.0751. The summed E-state index contributed by atoms with van der Waals surface area (Å²) in [6, 6.07) is 5.92. The van der Waals surface area contributed by atoms with Crippen LogP contribution in [0.2, 0.25) is 0 Å². The zero-order chi connectivity index (χ0) is 19.8. The zero-order valence-electron chi connectivity index (χ0n) is 16.2. The minimum absolute atomic E-state index is 0.0751. The molecule has 0 radical (unpaired) electrons. The van der Waals surface area contributed by atoms with Gasteiger partial charge in [0.05, 0.1) is 17.6 Å². The number of nitrogens with zero attached hydrogens (tertiary/aromatic N) is 5. The Hall–Kier alpha value is -3.42. The summed E-state index contributed by atoms with van der Waals surface area (Å²) in [5.41, 5.74) is 5.70. The standard InChI is InChI=1S/C20H23N7O/c1-13(28)26-7-6-18-16(11-26)20(24-25(18)3)27-12-23-17-5-4-14(8-19(17)27)15(9-21)10-22-2/h4-5,8-10,12,21-22H,6-7,11H2,1-3H3/b15-10+,21-9?. The van der Waals surface area contributed by atoms with Crippen LogP contribution >= 0.6 is 0 Å². The molecule has 1 aliphatic rings. The number of carbonyl (C=O) groups excluding carboxylic acids is 1. The summed E-state index contributed by atoms with van der Waals surface area (Å²) in [6.45, 7) is 2.87. The van der Waals surface area contributed by atoms with E-state index in [0.717, 1.165) is 45.7 Å². The third-order valence-electron chi connectivity index (χ3n) is 5.23. The first kappa shape index (κ1) is 18.0. The van der Waals surface area contributed by atoms with E-state index in [-0.39, 0.29) is 5.91 Å². The van der Waals surface area contributed by atoms with E-state index in [1.165, 1.54) is 6.21 Å². The number of hydrogen-bond donors (Lipinski definition) is 2. The third-order valence-corrected chi connectivity index (χ3v) is 5.23. The number of benzene rings is 1. The topological polar surface area (TPSA) is 91.8 Å². The Morgan fingerprint density at radius 1 is 1.36 bits per heavy atom. The van der Waals surface area contributed by atoms with Gasteiger partial charge in [-0.2, -0.15) is 5.10 Å². The second-order valence-electron chi connectivity index (χ2n) is 6.91. The van der Waals surface area contributed by atoms with Gasteiger partial charge in [-0.25, -0.2) is 4.98 Å². The molecule has 0 bridgehead atoms. The molecule has 0 spiro atoms. The highest BCUT2D eigenvalue weighted by Crippen LogP contribution is 2.28. The number of imidazole rings is 1. The van der Waals surface area contributed by atoms with Crippen molar-refractivity contribution < 1.29 is 4.79 Å². The molecule has 0 aliphatic carbocycles. The monoisotopic (exact) mass is 377 g/mol. The summed E-state index contributed by atoms with van der Waals surface area (Å²) in [6.07, 6.45) is 5.68. The van der Waals surface area contributed by atoms with Gasteiger partial charge in [0.25, 0.3) is 0 Å². The van der Waals surface area contributed by atoms with Crippen molar-refractivity contribution in [1.82, 2.24) is 29.5 Å². The Kier molecular flexibility index (Phi) is 4.46. The Bertz CT molecular complexity index is 1110. The number of allylic oxidation sites excluding steroid dienone is 1. The summed E-state index contributed by atoms with van der Waals surface area (Å²) < 4.78 is 3.88. The van der Waals surface area contributed by atoms with E-state index in [0.29, 0.717) is 13.1 Å². The fourth-order valence-corrected chi connectivity index (χ4v) is 3.75. The van der Waals surface area contributed by atoms with Gasteiger partial charge in [-0.3, -0.25) is 14.0 Å². The predicted molar refractivity (Wildman–Crippen MR) is 108 cm³/mol. The van der Waals surface area contributed by atoms with E-state index >= 15 is 0 Å². The zero-order valence-corrected chi connectivity index (χ0v) is 16.2. The second-order valence-corrected chi connectivity index (χ2v) is 6.91. The summed E-state index contributed by atoms with van der Waals surface area (Å²) in [5, 5.41) is 15.4. The number of rotatable bonds is 4. The highest BCUT2D eigenvalue weighted by molar-refractivity contribution is 6.09. The van der Waals surface area contributed by atoms with Gasteiger partial charge in [0.2, 0.25) is 5.91 Å². The molecule has 0 unspecified atom stereocenters. The van der Waals surface area contributed by atoms with Crippen molar-refractivity contribution in [2.24, 2.45) is 7.05 Å². The largest absolute Gasteiger partial charge is 0.393 e. The maximum atomic E-state index is 11.9. The van der Waals surface area contributed by atoms with Crippen molar-refractivity contribution in [1.29, 1.82) is 5.41 Å². The number of nitrogens with one attached hydrogen (secondary N) is 2. The molecule has 144 valence electrons. The summed E-state index contributed by atoms with van der Waals surface area (Å²) in [7, 11) is 3.76. The molecule has 3 aromatic rings. The molecule has 1 aliphatic heterocycles. The van der Waals surface area contributed by atoms with Gasteiger partial charge in [-0.1, -0.05) is 6.07 Å². The number of amides is 1. The fraction of sp³-hybridized carbons (Fsp3) is 0.300. The molecule has 0 saturated carbocycles. The molecule has 4 rings (SSSR count). The molecule has 2 N–H and O–H groups in total. The molecular weight excluding hydrogens is 354 g/mol.